The van der Waals surface area contributed by atoms with E-state index in [0.717, 1.165) is 30.1 Å². The summed E-state index contributed by atoms with van der Waals surface area (Å²) in [6.45, 7) is 2.46. The Labute approximate surface area is 113 Å². The van der Waals surface area contributed by atoms with Gasteiger partial charge in [0.05, 0.1) is 0 Å². The molecule has 104 valence electrons. The molecular weight excluding hydrogens is 220 g/mol. The predicted octanol–water partition coefficient (Wildman–Crippen LogP) is 3.17. The second kappa shape index (κ2) is 5.50. The summed E-state index contributed by atoms with van der Waals surface area (Å²) >= 11 is 0. The van der Waals surface area contributed by atoms with E-state index in [0.29, 0.717) is 0 Å². The van der Waals surface area contributed by atoms with Crippen molar-refractivity contribution in [2.75, 3.05) is 7.05 Å². The minimum Gasteiger partial charge on any atom is -0.317 e. The number of piperidine rings is 2. The van der Waals surface area contributed by atoms with E-state index in [1.807, 2.05) is 0 Å². The maximum Gasteiger partial charge on any atom is 0.0116 e. The fraction of sp³-hybridized carbons (Fsp3) is 1.00. The standard InChI is InChI=1S/C16H30N2/c1-12-5-3-6-14(9-12)18-15-7-4-8-16(18)11-13(10-15)17-2/h12-17H,3-11H2,1-2H3. The summed E-state index contributed by atoms with van der Waals surface area (Å²) in [6.07, 6.45) is 13.1. The fourth-order valence-electron chi connectivity index (χ4n) is 4.92. The lowest BCUT2D eigenvalue weighted by Crippen LogP contribution is -2.59. The van der Waals surface area contributed by atoms with Gasteiger partial charge < -0.3 is 5.32 Å². The predicted molar refractivity (Wildman–Crippen MR) is 76.8 cm³/mol. The Hall–Kier alpha value is -0.0800. The van der Waals surface area contributed by atoms with Crippen molar-refractivity contribution < 1.29 is 0 Å². The highest BCUT2D eigenvalue weighted by atomic mass is 15.2. The topological polar surface area (TPSA) is 15.3 Å². The number of hydrogen-bond acceptors (Lipinski definition) is 2. The number of hydrogen-bond donors (Lipinski definition) is 1. The Kier molecular flexibility index (Phi) is 3.95. The molecule has 4 atom stereocenters. The molecule has 2 heteroatoms. The monoisotopic (exact) mass is 250 g/mol. The maximum atomic E-state index is 3.54. The fourth-order valence-corrected chi connectivity index (χ4v) is 4.92. The molecule has 3 aliphatic rings. The Morgan fingerprint density at radius 1 is 0.833 bits per heavy atom. The van der Waals surface area contributed by atoms with E-state index < -0.39 is 0 Å². The third kappa shape index (κ3) is 2.46. The van der Waals surface area contributed by atoms with Crippen LogP contribution in [0, 0.1) is 5.92 Å². The Morgan fingerprint density at radius 3 is 1.94 bits per heavy atom. The van der Waals surface area contributed by atoms with Gasteiger partial charge in [-0.25, -0.2) is 0 Å². The molecule has 0 radical (unpaired) electrons. The van der Waals surface area contributed by atoms with E-state index in [2.05, 4.69) is 24.2 Å². The highest BCUT2D eigenvalue weighted by Crippen LogP contribution is 2.39. The van der Waals surface area contributed by atoms with Gasteiger partial charge in [-0.05, 0) is 51.5 Å². The zero-order chi connectivity index (χ0) is 12.5. The smallest absolute Gasteiger partial charge is 0.0116 e. The molecule has 2 heterocycles. The van der Waals surface area contributed by atoms with E-state index in [4.69, 9.17) is 0 Å². The SMILES string of the molecule is CNC1CC2CCCC(C1)N2C1CCCC(C)C1. The molecular formula is C16H30N2. The van der Waals surface area contributed by atoms with Crippen molar-refractivity contribution in [3.63, 3.8) is 0 Å². The first-order chi connectivity index (χ1) is 8.78. The molecule has 1 aliphatic carbocycles. The van der Waals surface area contributed by atoms with Gasteiger partial charge in [0.15, 0.2) is 0 Å². The molecule has 1 N–H and O–H groups in total. The average Bonchev–Trinajstić information content (AvgIpc) is 2.37. The number of nitrogens with zero attached hydrogens (tertiary/aromatic N) is 1. The lowest BCUT2D eigenvalue weighted by molar-refractivity contribution is -0.0269. The van der Waals surface area contributed by atoms with Crippen LogP contribution in [-0.4, -0.2) is 36.1 Å². The number of fused-ring (bicyclic) bond motifs is 2. The quantitative estimate of drug-likeness (QED) is 0.810. The third-order valence-corrected chi connectivity index (χ3v) is 5.77. The summed E-state index contributed by atoms with van der Waals surface area (Å²) in [6, 6.07) is 3.50. The molecule has 2 bridgehead atoms. The van der Waals surface area contributed by atoms with Crippen LogP contribution in [0.5, 0.6) is 0 Å². The second-order valence-electron chi connectivity index (χ2n) is 7.07. The molecule has 2 nitrogen and oxygen atoms in total. The summed E-state index contributed by atoms with van der Waals surface area (Å²) < 4.78 is 0. The molecule has 1 saturated carbocycles. The Bertz CT molecular complexity index is 264. The van der Waals surface area contributed by atoms with E-state index in [1.54, 1.807) is 0 Å². The molecule has 3 rings (SSSR count). The summed E-state index contributed by atoms with van der Waals surface area (Å²) in [5.41, 5.74) is 0. The molecule has 3 fully saturated rings. The highest BCUT2D eigenvalue weighted by Gasteiger charge is 2.41. The van der Waals surface area contributed by atoms with Gasteiger partial charge in [0.1, 0.15) is 0 Å². The molecule has 2 aliphatic heterocycles. The third-order valence-electron chi connectivity index (χ3n) is 5.77. The van der Waals surface area contributed by atoms with Gasteiger partial charge in [-0.3, -0.25) is 4.90 Å². The molecule has 18 heavy (non-hydrogen) atoms. The Balaban J connectivity index is 1.71. The zero-order valence-corrected chi connectivity index (χ0v) is 12.2. The van der Waals surface area contributed by atoms with Crippen molar-refractivity contribution in [1.29, 1.82) is 0 Å². The van der Waals surface area contributed by atoms with Crippen LogP contribution >= 0.6 is 0 Å². The van der Waals surface area contributed by atoms with E-state index >= 15 is 0 Å². The molecule has 0 aromatic heterocycles. The van der Waals surface area contributed by atoms with Crippen molar-refractivity contribution in [1.82, 2.24) is 10.2 Å². The molecule has 0 amide bonds. The van der Waals surface area contributed by atoms with Gasteiger partial charge in [-0.2, -0.15) is 0 Å². The molecule has 0 aromatic rings. The average molecular weight is 250 g/mol. The van der Waals surface area contributed by atoms with Crippen molar-refractivity contribution in [2.24, 2.45) is 5.92 Å². The van der Waals surface area contributed by atoms with Crippen LogP contribution in [0.15, 0.2) is 0 Å². The van der Waals surface area contributed by atoms with Crippen molar-refractivity contribution in [3.05, 3.63) is 0 Å². The zero-order valence-electron chi connectivity index (χ0n) is 12.2. The van der Waals surface area contributed by atoms with Gasteiger partial charge in [0, 0.05) is 24.2 Å². The first-order valence-corrected chi connectivity index (χ1v) is 8.22. The summed E-state index contributed by atoms with van der Waals surface area (Å²) in [5.74, 6) is 0.964. The number of nitrogens with one attached hydrogen (secondary N) is 1. The number of rotatable bonds is 2. The van der Waals surface area contributed by atoms with Crippen LogP contribution in [0.1, 0.15) is 64.7 Å². The van der Waals surface area contributed by atoms with Crippen LogP contribution < -0.4 is 5.32 Å². The summed E-state index contributed by atoms with van der Waals surface area (Å²) in [4.78, 5) is 2.98. The van der Waals surface area contributed by atoms with Crippen molar-refractivity contribution >= 4 is 0 Å². The van der Waals surface area contributed by atoms with Crippen LogP contribution in [0.3, 0.4) is 0 Å². The largest absolute Gasteiger partial charge is 0.317 e. The minimum absolute atomic E-state index is 0.789. The summed E-state index contributed by atoms with van der Waals surface area (Å²) in [5, 5.41) is 3.54. The van der Waals surface area contributed by atoms with Crippen LogP contribution in [-0.2, 0) is 0 Å². The molecule has 0 spiro atoms. The minimum atomic E-state index is 0.789. The van der Waals surface area contributed by atoms with Gasteiger partial charge in [-0.1, -0.05) is 26.2 Å². The van der Waals surface area contributed by atoms with Crippen LogP contribution in [0.25, 0.3) is 0 Å². The lowest BCUT2D eigenvalue weighted by atomic mass is 9.77. The first kappa shape index (κ1) is 12.9. The molecule has 2 saturated heterocycles. The second-order valence-corrected chi connectivity index (χ2v) is 7.07. The lowest BCUT2D eigenvalue weighted by Gasteiger charge is -2.53. The van der Waals surface area contributed by atoms with Gasteiger partial charge in [-0.15, -0.1) is 0 Å². The van der Waals surface area contributed by atoms with E-state index in [9.17, 15) is 0 Å². The van der Waals surface area contributed by atoms with Crippen LogP contribution in [0.4, 0.5) is 0 Å². The Morgan fingerprint density at radius 2 is 1.39 bits per heavy atom. The van der Waals surface area contributed by atoms with E-state index in [-0.39, 0.29) is 0 Å². The van der Waals surface area contributed by atoms with Crippen molar-refractivity contribution in [3.8, 4) is 0 Å². The van der Waals surface area contributed by atoms with Gasteiger partial charge in [0.2, 0.25) is 0 Å². The van der Waals surface area contributed by atoms with Crippen molar-refractivity contribution in [2.45, 2.75) is 88.9 Å². The van der Waals surface area contributed by atoms with Crippen LogP contribution in [0.2, 0.25) is 0 Å². The highest BCUT2D eigenvalue weighted by molar-refractivity contribution is 4.98. The maximum absolute atomic E-state index is 3.54. The van der Waals surface area contributed by atoms with Gasteiger partial charge >= 0.3 is 0 Å². The normalized spacial score (nSPS) is 46.0. The molecule has 0 aromatic carbocycles. The molecule has 4 unspecified atom stereocenters. The summed E-state index contributed by atoms with van der Waals surface area (Å²) in [7, 11) is 2.15. The first-order valence-electron chi connectivity index (χ1n) is 8.22. The van der Waals surface area contributed by atoms with E-state index in [1.165, 1.54) is 57.8 Å². The van der Waals surface area contributed by atoms with Gasteiger partial charge in [0.25, 0.3) is 0 Å².